The Balaban J connectivity index is 1.24. The predicted molar refractivity (Wildman–Crippen MR) is 244 cm³/mol. The third-order valence-electron chi connectivity index (χ3n) is 11.4. The van der Waals surface area contributed by atoms with Crippen LogP contribution in [-0.4, -0.2) is 10.2 Å². The molecule has 0 aliphatic rings. The van der Waals surface area contributed by atoms with E-state index in [1.165, 1.54) is 10.8 Å². The summed E-state index contributed by atoms with van der Waals surface area (Å²) >= 11 is 0. The third kappa shape index (κ3) is 5.62. The first kappa shape index (κ1) is 33.5. The summed E-state index contributed by atoms with van der Waals surface area (Å²) in [6, 6.07) is 72.0. The Hall–Kier alpha value is -7.82. The fourth-order valence-electron chi connectivity index (χ4n) is 8.73. The van der Waals surface area contributed by atoms with Crippen molar-refractivity contribution in [2.24, 2.45) is 0 Å². The van der Waals surface area contributed by atoms with Crippen molar-refractivity contribution < 1.29 is 10.2 Å². The van der Waals surface area contributed by atoms with Crippen LogP contribution in [0.4, 0.5) is 34.1 Å². The molecule has 0 saturated heterocycles. The molecule has 0 spiro atoms. The summed E-state index contributed by atoms with van der Waals surface area (Å²) in [6.45, 7) is 0. The molecule has 0 aliphatic carbocycles. The van der Waals surface area contributed by atoms with Gasteiger partial charge in [-0.15, -0.1) is 0 Å². The first-order valence-electron chi connectivity index (χ1n) is 19.5. The summed E-state index contributed by atoms with van der Waals surface area (Å²) < 4.78 is 0. The van der Waals surface area contributed by atoms with Gasteiger partial charge in [0.2, 0.25) is 0 Å². The van der Waals surface area contributed by atoms with E-state index >= 15 is 0 Å². The molecule has 0 heterocycles. The second-order valence-corrected chi connectivity index (χ2v) is 15.0. The number of phenolic OH excluding ortho intramolecular Hbond substituents is 2. The van der Waals surface area contributed by atoms with Crippen LogP contribution >= 0.6 is 0 Å². The molecular formula is C54H36N2O2. The molecule has 0 unspecified atom stereocenters. The molecule has 0 amide bonds. The normalized spacial score (nSPS) is 11.6. The number of hydrogen-bond acceptors (Lipinski definition) is 4. The quantitative estimate of drug-likeness (QED) is 0.131. The van der Waals surface area contributed by atoms with Gasteiger partial charge in [-0.05, 0) is 116 Å². The first-order valence-corrected chi connectivity index (χ1v) is 19.5. The van der Waals surface area contributed by atoms with Crippen molar-refractivity contribution in [2.45, 2.75) is 0 Å². The zero-order valence-electron chi connectivity index (χ0n) is 31.4. The molecule has 0 saturated carbocycles. The molecule has 0 atom stereocenters. The van der Waals surface area contributed by atoms with E-state index < -0.39 is 0 Å². The largest absolute Gasteiger partial charge is 0.508 e. The van der Waals surface area contributed by atoms with Gasteiger partial charge in [0.25, 0.3) is 0 Å². The Bertz CT molecular complexity index is 3130. The Morgan fingerprint density at radius 2 is 0.500 bits per heavy atom. The minimum atomic E-state index is 0.250. The lowest BCUT2D eigenvalue weighted by molar-refractivity contribution is 0.475. The molecule has 0 aliphatic heterocycles. The van der Waals surface area contributed by atoms with Crippen LogP contribution in [0.15, 0.2) is 206 Å². The van der Waals surface area contributed by atoms with Gasteiger partial charge < -0.3 is 20.0 Å². The van der Waals surface area contributed by atoms with Crippen LogP contribution < -0.4 is 9.80 Å². The van der Waals surface area contributed by atoms with Crippen LogP contribution in [0.3, 0.4) is 0 Å². The van der Waals surface area contributed by atoms with Crippen molar-refractivity contribution in [2.75, 3.05) is 9.80 Å². The SMILES string of the molecule is Oc1ccc2cc(N(c3ccc4ccccc4c3)c3c4ccccc4c(N(c4ccc5ccccc5c4)c4ccc5cc(O)ccc5c4)c4ccccc34)ccc2c1. The minimum Gasteiger partial charge on any atom is -0.508 e. The van der Waals surface area contributed by atoms with Crippen molar-refractivity contribution >= 4 is 98.8 Å². The lowest BCUT2D eigenvalue weighted by atomic mass is 9.94. The zero-order chi connectivity index (χ0) is 38.7. The molecule has 4 nitrogen and oxygen atoms in total. The highest BCUT2D eigenvalue weighted by Gasteiger charge is 2.26. The van der Waals surface area contributed by atoms with E-state index in [1.807, 2.05) is 24.3 Å². The van der Waals surface area contributed by atoms with Crippen LogP contribution in [0.1, 0.15) is 0 Å². The highest BCUT2D eigenvalue weighted by molar-refractivity contribution is 6.23. The molecule has 11 aromatic carbocycles. The molecule has 0 fully saturated rings. The van der Waals surface area contributed by atoms with Crippen molar-refractivity contribution in [1.82, 2.24) is 0 Å². The highest BCUT2D eigenvalue weighted by atomic mass is 16.3. The number of nitrogens with zero attached hydrogens (tertiary/aromatic N) is 2. The van der Waals surface area contributed by atoms with Gasteiger partial charge in [-0.3, -0.25) is 0 Å². The van der Waals surface area contributed by atoms with Gasteiger partial charge in [-0.2, -0.15) is 0 Å². The van der Waals surface area contributed by atoms with Crippen LogP contribution in [0, 0.1) is 0 Å². The maximum Gasteiger partial charge on any atom is 0.116 e. The van der Waals surface area contributed by atoms with Gasteiger partial charge in [-0.1, -0.05) is 133 Å². The maximum atomic E-state index is 10.3. The predicted octanol–water partition coefficient (Wildman–Crippen LogP) is 15.0. The second-order valence-electron chi connectivity index (χ2n) is 15.0. The van der Waals surface area contributed by atoms with Crippen LogP contribution in [0.2, 0.25) is 0 Å². The number of aromatic hydroxyl groups is 2. The number of hydrogen-bond donors (Lipinski definition) is 2. The van der Waals surface area contributed by atoms with Crippen molar-refractivity contribution in [3.05, 3.63) is 206 Å². The number of benzene rings is 11. The van der Waals surface area contributed by atoms with Crippen LogP contribution in [0.25, 0.3) is 64.6 Å². The summed E-state index contributed by atoms with van der Waals surface area (Å²) in [4.78, 5) is 4.80. The number of fused-ring (bicyclic) bond motifs is 6. The van der Waals surface area contributed by atoms with Gasteiger partial charge in [0, 0.05) is 44.3 Å². The summed E-state index contributed by atoms with van der Waals surface area (Å²) in [5.41, 5.74) is 6.28. The van der Waals surface area contributed by atoms with Crippen LogP contribution in [-0.2, 0) is 0 Å². The smallest absolute Gasteiger partial charge is 0.116 e. The molecule has 11 rings (SSSR count). The molecule has 4 heteroatoms. The number of rotatable bonds is 6. The van der Waals surface area contributed by atoms with E-state index in [4.69, 9.17) is 0 Å². The monoisotopic (exact) mass is 744 g/mol. The summed E-state index contributed by atoms with van der Waals surface area (Å²) in [7, 11) is 0. The van der Waals surface area contributed by atoms with E-state index in [1.54, 1.807) is 12.1 Å². The average molecular weight is 745 g/mol. The molecule has 0 aromatic heterocycles. The van der Waals surface area contributed by atoms with Crippen LogP contribution in [0.5, 0.6) is 11.5 Å². The maximum absolute atomic E-state index is 10.3. The first-order chi connectivity index (χ1) is 28.6. The molecular weight excluding hydrogens is 709 g/mol. The van der Waals surface area contributed by atoms with Gasteiger partial charge in [0.15, 0.2) is 0 Å². The summed E-state index contributed by atoms with van der Waals surface area (Å²) in [6.07, 6.45) is 0. The van der Waals surface area contributed by atoms with Crippen molar-refractivity contribution in [3.8, 4) is 11.5 Å². The van der Waals surface area contributed by atoms with Gasteiger partial charge in [0.1, 0.15) is 11.5 Å². The summed E-state index contributed by atoms with van der Waals surface area (Å²) in [5.74, 6) is 0.500. The Morgan fingerprint density at radius 1 is 0.241 bits per heavy atom. The van der Waals surface area contributed by atoms with E-state index in [9.17, 15) is 10.2 Å². The van der Waals surface area contributed by atoms with Crippen molar-refractivity contribution in [3.63, 3.8) is 0 Å². The molecule has 0 radical (unpaired) electrons. The van der Waals surface area contributed by atoms with Gasteiger partial charge in [-0.25, -0.2) is 0 Å². The average Bonchev–Trinajstić information content (AvgIpc) is 3.27. The Kier molecular flexibility index (Phi) is 7.76. The third-order valence-corrected chi connectivity index (χ3v) is 11.4. The Labute approximate surface area is 335 Å². The minimum absolute atomic E-state index is 0.250. The standard InChI is InChI=1S/C54H36N2O2/c57-47-27-21-39-31-45(25-19-41(39)33-47)55(43-23-17-35-9-1-3-11-37(35)29-43)53-49-13-5-7-15-51(49)54(52-16-8-6-14-50(52)53)56(44-24-18-36-10-2-4-12-38(36)30-44)46-26-20-42-34-48(58)28-22-40(42)32-46/h1-34,57-58H. The van der Waals surface area contributed by atoms with Crippen molar-refractivity contribution in [1.29, 1.82) is 0 Å². The lowest BCUT2D eigenvalue weighted by Crippen LogP contribution is -2.14. The zero-order valence-corrected chi connectivity index (χ0v) is 31.4. The van der Waals surface area contributed by atoms with E-state index in [2.05, 4.69) is 180 Å². The topological polar surface area (TPSA) is 46.9 Å². The van der Waals surface area contributed by atoms with Gasteiger partial charge >= 0.3 is 0 Å². The summed E-state index contributed by atoms with van der Waals surface area (Å²) in [5, 5.41) is 33.8. The fraction of sp³-hybridized carbons (Fsp3) is 0. The molecule has 274 valence electrons. The number of phenols is 2. The Morgan fingerprint density at radius 3 is 0.862 bits per heavy atom. The molecule has 2 N–H and O–H groups in total. The lowest BCUT2D eigenvalue weighted by Gasteiger charge is -2.33. The fourth-order valence-corrected chi connectivity index (χ4v) is 8.73. The van der Waals surface area contributed by atoms with E-state index in [0.29, 0.717) is 0 Å². The van der Waals surface area contributed by atoms with E-state index in [-0.39, 0.29) is 11.5 Å². The number of anilines is 6. The molecule has 11 aromatic rings. The second kappa shape index (κ2) is 13.4. The highest BCUT2D eigenvalue weighted by Crippen LogP contribution is 2.52. The molecule has 0 bridgehead atoms. The molecule has 58 heavy (non-hydrogen) atoms. The van der Waals surface area contributed by atoms with Gasteiger partial charge in [0.05, 0.1) is 11.4 Å². The van der Waals surface area contributed by atoms with E-state index in [0.717, 1.165) is 88.0 Å².